The molecule has 1 heterocycles. The van der Waals surface area contributed by atoms with Crippen LogP contribution in [-0.4, -0.2) is 62.9 Å². The van der Waals surface area contributed by atoms with E-state index in [9.17, 15) is 18.3 Å². The average molecular weight is 433 g/mol. The zero-order chi connectivity index (χ0) is 21.6. The highest BCUT2D eigenvalue weighted by atomic mass is 32.2. The second-order valence-electron chi connectivity index (χ2n) is 7.55. The minimum Gasteiger partial charge on any atom is -0.482 e. The molecule has 1 unspecified atom stereocenters. The highest BCUT2D eigenvalue weighted by molar-refractivity contribution is 7.90. The van der Waals surface area contributed by atoms with Gasteiger partial charge in [-0.05, 0) is 36.1 Å². The molecular formula is C22H28N2O5S. The number of sulfone groups is 1. The van der Waals surface area contributed by atoms with Gasteiger partial charge in [0.15, 0.2) is 16.4 Å². The molecule has 1 aliphatic heterocycles. The minimum atomic E-state index is -3.44. The Labute approximate surface area is 177 Å². The summed E-state index contributed by atoms with van der Waals surface area (Å²) in [6.07, 6.45) is 1.97. The molecule has 0 saturated heterocycles. The van der Waals surface area contributed by atoms with Gasteiger partial charge in [-0.2, -0.15) is 0 Å². The quantitative estimate of drug-likeness (QED) is 0.622. The summed E-state index contributed by atoms with van der Waals surface area (Å²) in [6, 6.07) is 14.6. The maximum Gasteiger partial charge on any atom is 0.257 e. The molecule has 0 bridgehead atoms. The van der Waals surface area contributed by atoms with Crippen molar-refractivity contribution in [2.45, 2.75) is 30.4 Å². The van der Waals surface area contributed by atoms with Gasteiger partial charge in [0.2, 0.25) is 0 Å². The van der Waals surface area contributed by atoms with Crippen LogP contribution in [0.3, 0.4) is 0 Å². The Kier molecular flexibility index (Phi) is 7.47. The smallest absolute Gasteiger partial charge is 0.257 e. The van der Waals surface area contributed by atoms with Crippen LogP contribution in [0.4, 0.5) is 0 Å². The number of rotatable bonds is 9. The Morgan fingerprint density at radius 1 is 1.17 bits per heavy atom. The van der Waals surface area contributed by atoms with Crippen molar-refractivity contribution in [3.05, 3.63) is 59.7 Å². The third kappa shape index (κ3) is 6.29. The van der Waals surface area contributed by atoms with E-state index in [1.807, 2.05) is 6.07 Å². The van der Waals surface area contributed by atoms with Gasteiger partial charge in [-0.1, -0.05) is 36.4 Å². The molecule has 30 heavy (non-hydrogen) atoms. The molecule has 0 fully saturated rings. The molecule has 0 aromatic heterocycles. The fraction of sp³-hybridized carbons (Fsp3) is 0.409. The Morgan fingerprint density at radius 3 is 2.63 bits per heavy atom. The van der Waals surface area contributed by atoms with Crippen LogP contribution < -0.4 is 10.1 Å². The normalized spacial score (nSPS) is 15.3. The van der Waals surface area contributed by atoms with Gasteiger partial charge < -0.3 is 15.2 Å². The molecule has 0 saturated carbocycles. The van der Waals surface area contributed by atoms with E-state index in [1.165, 1.54) is 23.3 Å². The molecule has 0 aliphatic carbocycles. The Morgan fingerprint density at radius 2 is 1.87 bits per heavy atom. The summed E-state index contributed by atoms with van der Waals surface area (Å²) in [6.45, 7) is 2.33. The number of hydrogen-bond donors (Lipinski definition) is 2. The Hall–Kier alpha value is -2.42. The Balaban J connectivity index is 1.38. The number of β-amino-alcohol motifs (C(OH)–C–C–N with tert-alkyl or cyclic N) is 1. The first kappa shape index (κ1) is 22.3. The number of carbonyl (C=O) groups excluding carboxylic acids is 1. The van der Waals surface area contributed by atoms with Crippen molar-refractivity contribution in [1.82, 2.24) is 10.2 Å². The lowest BCUT2D eigenvalue weighted by atomic mass is 9.99. The van der Waals surface area contributed by atoms with E-state index >= 15 is 0 Å². The van der Waals surface area contributed by atoms with E-state index in [0.717, 1.165) is 25.8 Å². The third-order valence-corrected chi connectivity index (χ3v) is 6.22. The zero-order valence-corrected chi connectivity index (χ0v) is 17.9. The SMILES string of the molecule is CS(=O)(=O)c1ccccc1OCC(=O)NCCC(O)CN1CCc2ccccc2C1. The molecule has 7 nitrogen and oxygen atoms in total. The van der Waals surface area contributed by atoms with Crippen molar-refractivity contribution in [2.75, 3.05) is 32.5 Å². The van der Waals surface area contributed by atoms with Crippen molar-refractivity contribution in [3.8, 4) is 5.75 Å². The minimum absolute atomic E-state index is 0.0522. The average Bonchev–Trinajstić information content (AvgIpc) is 2.71. The van der Waals surface area contributed by atoms with Gasteiger partial charge in [0, 0.05) is 32.4 Å². The number of para-hydroxylation sites is 1. The number of nitrogens with one attached hydrogen (secondary N) is 1. The number of ether oxygens (including phenoxy) is 1. The van der Waals surface area contributed by atoms with Crippen molar-refractivity contribution in [1.29, 1.82) is 0 Å². The maximum atomic E-state index is 12.0. The van der Waals surface area contributed by atoms with Gasteiger partial charge >= 0.3 is 0 Å². The van der Waals surface area contributed by atoms with Gasteiger partial charge in [0.25, 0.3) is 5.91 Å². The largest absolute Gasteiger partial charge is 0.482 e. The Bertz CT molecular complexity index is 977. The number of aliphatic hydroxyl groups excluding tert-OH is 1. The highest BCUT2D eigenvalue weighted by Crippen LogP contribution is 2.23. The summed E-state index contributed by atoms with van der Waals surface area (Å²) in [5.41, 5.74) is 2.67. The molecule has 2 aromatic rings. The number of nitrogens with zero attached hydrogens (tertiary/aromatic N) is 1. The highest BCUT2D eigenvalue weighted by Gasteiger charge is 2.19. The number of carbonyl (C=O) groups is 1. The van der Waals surface area contributed by atoms with Crippen molar-refractivity contribution < 1.29 is 23.1 Å². The lowest BCUT2D eigenvalue weighted by Crippen LogP contribution is -2.38. The molecule has 1 atom stereocenters. The fourth-order valence-corrected chi connectivity index (χ4v) is 4.37. The van der Waals surface area contributed by atoms with Crippen LogP contribution >= 0.6 is 0 Å². The van der Waals surface area contributed by atoms with Gasteiger partial charge in [-0.25, -0.2) is 8.42 Å². The number of hydrogen-bond acceptors (Lipinski definition) is 6. The van der Waals surface area contributed by atoms with E-state index in [-0.39, 0.29) is 23.2 Å². The van der Waals surface area contributed by atoms with Crippen molar-refractivity contribution >= 4 is 15.7 Å². The van der Waals surface area contributed by atoms with Gasteiger partial charge in [-0.3, -0.25) is 9.69 Å². The molecule has 0 radical (unpaired) electrons. The van der Waals surface area contributed by atoms with E-state index in [1.54, 1.807) is 12.1 Å². The van der Waals surface area contributed by atoms with Crippen LogP contribution in [0.1, 0.15) is 17.5 Å². The van der Waals surface area contributed by atoms with Gasteiger partial charge in [-0.15, -0.1) is 0 Å². The topological polar surface area (TPSA) is 95.9 Å². The van der Waals surface area contributed by atoms with Crippen LogP contribution in [0.2, 0.25) is 0 Å². The lowest BCUT2D eigenvalue weighted by Gasteiger charge is -2.30. The summed E-state index contributed by atoms with van der Waals surface area (Å²) in [5.74, 6) is -0.210. The molecule has 2 N–H and O–H groups in total. The fourth-order valence-electron chi connectivity index (χ4n) is 3.55. The van der Waals surface area contributed by atoms with Gasteiger partial charge in [0.05, 0.1) is 6.10 Å². The van der Waals surface area contributed by atoms with E-state index in [2.05, 4.69) is 28.4 Å². The molecule has 1 aliphatic rings. The predicted molar refractivity (Wildman–Crippen MR) is 114 cm³/mol. The molecule has 3 rings (SSSR count). The first-order chi connectivity index (χ1) is 14.3. The third-order valence-electron chi connectivity index (χ3n) is 5.09. The van der Waals surface area contributed by atoms with Crippen LogP contribution in [0.15, 0.2) is 53.4 Å². The van der Waals surface area contributed by atoms with Crippen LogP contribution in [-0.2, 0) is 27.6 Å². The first-order valence-electron chi connectivity index (χ1n) is 9.98. The second-order valence-corrected chi connectivity index (χ2v) is 9.54. The summed E-state index contributed by atoms with van der Waals surface area (Å²) >= 11 is 0. The summed E-state index contributed by atoms with van der Waals surface area (Å²) < 4.78 is 28.9. The number of benzene rings is 2. The molecule has 1 amide bonds. The molecule has 0 spiro atoms. The summed E-state index contributed by atoms with van der Waals surface area (Å²) in [4.78, 5) is 14.3. The number of amides is 1. The van der Waals surface area contributed by atoms with Crippen LogP contribution in [0.25, 0.3) is 0 Å². The molecule has 8 heteroatoms. The number of aliphatic hydroxyl groups is 1. The van der Waals surface area contributed by atoms with Gasteiger partial charge in [0.1, 0.15) is 10.6 Å². The van der Waals surface area contributed by atoms with Crippen molar-refractivity contribution in [3.63, 3.8) is 0 Å². The van der Waals surface area contributed by atoms with E-state index in [4.69, 9.17) is 4.74 Å². The summed E-state index contributed by atoms with van der Waals surface area (Å²) in [7, 11) is -3.44. The van der Waals surface area contributed by atoms with Crippen molar-refractivity contribution in [2.24, 2.45) is 0 Å². The predicted octanol–water partition coefficient (Wildman–Crippen LogP) is 1.39. The first-order valence-corrected chi connectivity index (χ1v) is 11.9. The monoisotopic (exact) mass is 432 g/mol. The maximum absolute atomic E-state index is 12.0. The molecule has 162 valence electrons. The lowest BCUT2D eigenvalue weighted by molar-refractivity contribution is -0.123. The summed E-state index contributed by atoms with van der Waals surface area (Å²) in [5, 5.41) is 13.0. The van der Waals surface area contributed by atoms with E-state index < -0.39 is 15.9 Å². The van der Waals surface area contributed by atoms with E-state index in [0.29, 0.717) is 19.5 Å². The zero-order valence-electron chi connectivity index (χ0n) is 17.1. The molecular weight excluding hydrogens is 404 g/mol. The second kappa shape index (κ2) is 10.1. The number of fused-ring (bicyclic) bond motifs is 1. The van der Waals surface area contributed by atoms with Crippen LogP contribution in [0, 0.1) is 0 Å². The molecule has 2 aromatic carbocycles. The standard InChI is InChI=1S/C22H28N2O5S/c1-30(27,28)21-9-5-4-8-20(21)29-16-22(26)23-12-10-19(25)15-24-13-11-17-6-2-3-7-18(17)14-24/h2-9,19,25H,10-16H2,1H3,(H,23,26). The van der Waals surface area contributed by atoms with Crippen LogP contribution in [0.5, 0.6) is 5.75 Å².